The SMILES string of the molecule is CC(=N)c1cc(C(=O)Nc2ccc(N3CCNC3=O)nc2)sc1NC1CCOCC1. The third-order valence-corrected chi connectivity index (χ3v) is 6.12. The van der Waals surface area contributed by atoms with Gasteiger partial charge in [0.05, 0.1) is 21.8 Å². The van der Waals surface area contributed by atoms with E-state index in [4.69, 9.17) is 10.1 Å². The van der Waals surface area contributed by atoms with E-state index >= 15 is 0 Å². The molecule has 0 atom stereocenters. The Bertz CT molecular complexity index is 952. The summed E-state index contributed by atoms with van der Waals surface area (Å²) in [6, 6.07) is 5.30. The van der Waals surface area contributed by atoms with E-state index in [1.807, 2.05) is 0 Å². The quantitative estimate of drug-likeness (QED) is 0.528. The van der Waals surface area contributed by atoms with Crippen molar-refractivity contribution in [2.75, 3.05) is 41.8 Å². The van der Waals surface area contributed by atoms with Crippen LogP contribution >= 0.6 is 11.3 Å². The van der Waals surface area contributed by atoms with Crippen LogP contribution in [0.25, 0.3) is 0 Å². The summed E-state index contributed by atoms with van der Waals surface area (Å²) in [4.78, 5) is 30.9. The first-order valence-corrected chi connectivity index (χ1v) is 10.7. The number of nitrogens with zero attached hydrogens (tertiary/aromatic N) is 2. The van der Waals surface area contributed by atoms with Gasteiger partial charge in [-0.2, -0.15) is 0 Å². The molecule has 0 unspecified atom stereocenters. The van der Waals surface area contributed by atoms with Crippen molar-refractivity contribution in [2.24, 2.45) is 0 Å². The fourth-order valence-corrected chi connectivity index (χ4v) is 4.51. The number of carbonyl (C=O) groups is 2. The summed E-state index contributed by atoms with van der Waals surface area (Å²) in [6.45, 7) is 4.32. The molecule has 2 aromatic heterocycles. The first-order valence-electron chi connectivity index (χ1n) is 9.87. The Balaban J connectivity index is 1.45. The average molecular weight is 429 g/mol. The molecule has 4 N–H and O–H groups in total. The predicted octanol–water partition coefficient (Wildman–Crippen LogP) is 2.90. The van der Waals surface area contributed by atoms with Crippen molar-refractivity contribution >= 4 is 45.5 Å². The van der Waals surface area contributed by atoms with Gasteiger partial charge in [0.15, 0.2) is 0 Å². The topological polar surface area (TPSA) is 119 Å². The molecule has 0 spiro atoms. The molecule has 10 heteroatoms. The van der Waals surface area contributed by atoms with Crippen molar-refractivity contribution < 1.29 is 14.3 Å². The summed E-state index contributed by atoms with van der Waals surface area (Å²) in [7, 11) is 0. The summed E-state index contributed by atoms with van der Waals surface area (Å²) in [5.41, 5.74) is 1.70. The number of amides is 3. The molecule has 2 aliphatic rings. The molecule has 0 radical (unpaired) electrons. The molecule has 4 rings (SSSR count). The van der Waals surface area contributed by atoms with Crippen LogP contribution in [0, 0.1) is 5.41 Å². The zero-order valence-corrected chi connectivity index (χ0v) is 17.5. The lowest BCUT2D eigenvalue weighted by Crippen LogP contribution is -2.28. The number of rotatable bonds is 6. The highest BCUT2D eigenvalue weighted by Crippen LogP contribution is 2.31. The summed E-state index contributed by atoms with van der Waals surface area (Å²) >= 11 is 1.35. The summed E-state index contributed by atoms with van der Waals surface area (Å²) in [5.74, 6) is 0.291. The molecule has 2 saturated heterocycles. The van der Waals surface area contributed by atoms with Gasteiger partial charge in [-0.1, -0.05) is 0 Å². The molecule has 30 heavy (non-hydrogen) atoms. The molecule has 0 saturated carbocycles. The molecule has 2 fully saturated rings. The number of pyridine rings is 1. The molecule has 0 aliphatic carbocycles. The molecule has 0 bridgehead atoms. The Hall–Kier alpha value is -2.98. The number of anilines is 3. The second-order valence-corrected chi connectivity index (χ2v) is 8.30. The number of ether oxygens (including phenoxy) is 1. The van der Waals surface area contributed by atoms with Crippen molar-refractivity contribution in [1.82, 2.24) is 10.3 Å². The van der Waals surface area contributed by atoms with E-state index in [-0.39, 0.29) is 18.0 Å². The Morgan fingerprint density at radius 1 is 1.37 bits per heavy atom. The smallest absolute Gasteiger partial charge is 0.323 e. The van der Waals surface area contributed by atoms with E-state index in [0.29, 0.717) is 35.2 Å². The molecule has 0 aromatic carbocycles. The normalized spacial score (nSPS) is 17.0. The van der Waals surface area contributed by atoms with Crippen molar-refractivity contribution in [1.29, 1.82) is 5.41 Å². The minimum Gasteiger partial charge on any atom is -0.381 e. The summed E-state index contributed by atoms with van der Waals surface area (Å²) in [5, 5.41) is 17.9. The number of urea groups is 1. The van der Waals surface area contributed by atoms with Crippen LogP contribution in [-0.4, -0.2) is 55.0 Å². The maximum atomic E-state index is 12.8. The fourth-order valence-electron chi connectivity index (χ4n) is 3.42. The molecule has 4 heterocycles. The van der Waals surface area contributed by atoms with E-state index in [1.165, 1.54) is 17.5 Å². The van der Waals surface area contributed by atoms with Gasteiger partial charge in [-0.25, -0.2) is 9.78 Å². The first-order chi connectivity index (χ1) is 14.5. The first kappa shape index (κ1) is 20.3. The largest absolute Gasteiger partial charge is 0.381 e. The minimum absolute atomic E-state index is 0.169. The van der Waals surface area contributed by atoms with Crippen LogP contribution in [0.15, 0.2) is 24.4 Å². The van der Waals surface area contributed by atoms with Gasteiger partial charge < -0.3 is 26.1 Å². The highest BCUT2D eigenvalue weighted by atomic mass is 32.1. The molecular weight excluding hydrogens is 404 g/mol. The highest BCUT2D eigenvalue weighted by Gasteiger charge is 2.23. The lowest BCUT2D eigenvalue weighted by atomic mass is 10.1. The lowest BCUT2D eigenvalue weighted by Gasteiger charge is -2.23. The van der Waals surface area contributed by atoms with E-state index in [0.717, 1.165) is 36.6 Å². The van der Waals surface area contributed by atoms with Gasteiger partial charge in [-0.15, -0.1) is 11.3 Å². The van der Waals surface area contributed by atoms with Crippen molar-refractivity contribution in [3.05, 3.63) is 34.8 Å². The molecule has 9 nitrogen and oxygen atoms in total. The Kier molecular flexibility index (Phi) is 5.96. The standard InChI is InChI=1S/C20H24N6O3S/c1-12(21)15-10-16(30-19(15)25-13-4-8-29-9-5-13)18(27)24-14-2-3-17(23-11-14)26-7-6-22-20(26)28/h2-3,10-11,13,21,25H,4-9H2,1H3,(H,22,28)(H,24,27). The van der Waals surface area contributed by atoms with Crippen LogP contribution in [0.2, 0.25) is 0 Å². The summed E-state index contributed by atoms with van der Waals surface area (Å²) < 4.78 is 5.40. The Labute approximate surface area is 178 Å². The van der Waals surface area contributed by atoms with Crippen LogP contribution in [0.5, 0.6) is 0 Å². The van der Waals surface area contributed by atoms with Crippen LogP contribution in [0.1, 0.15) is 35.0 Å². The van der Waals surface area contributed by atoms with Crippen LogP contribution in [0.3, 0.4) is 0 Å². The van der Waals surface area contributed by atoms with Gasteiger partial charge in [-0.05, 0) is 38.0 Å². The van der Waals surface area contributed by atoms with Gasteiger partial charge in [-0.3, -0.25) is 9.69 Å². The number of hydrogen-bond acceptors (Lipinski definition) is 7. The van der Waals surface area contributed by atoms with Crippen molar-refractivity contribution in [3.8, 4) is 0 Å². The van der Waals surface area contributed by atoms with Gasteiger partial charge in [0.2, 0.25) is 0 Å². The van der Waals surface area contributed by atoms with Gasteiger partial charge in [0.1, 0.15) is 5.82 Å². The second-order valence-electron chi connectivity index (χ2n) is 7.25. The number of aromatic nitrogens is 1. The third kappa shape index (κ3) is 4.44. The van der Waals surface area contributed by atoms with Crippen LogP contribution in [0.4, 0.5) is 21.3 Å². The molecule has 3 amide bonds. The van der Waals surface area contributed by atoms with Crippen molar-refractivity contribution in [3.63, 3.8) is 0 Å². The maximum Gasteiger partial charge on any atom is 0.323 e. The van der Waals surface area contributed by atoms with Crippen LogP contribution in [-0.2, 0) is 4.74 Å². The van der Waals surface area contributed by atoms with E-state index in [1.54, 1.807) is 30.0 Å². The second kappa shape index (κ2) is 8.80. The van der Waals surface area contributed by atoms with Crippen molar-refractivity contribution in [2.45, 2.75) is 25.8 Å². The lowest BCUT2D eigenvalue weighted by molar-refractivity contribution is 0.0905. The predicted molar refractivity (Wildman–Crippen MR) is 117 cm³/mol. The molecule has 2 aromatic rings. The number of carbonyl (C=O) groups excluding carboxylic acids is 2. The maximum absolute atomic E-state index is 12.8. The average Bonchev–Trinajstić information content (AvgIpc) is 3.36. The summed E-state index contributed by atoms with van der Waals surface area (Å²) in [6.07, 6.45) is 3.35. The Morgan fingerprint density at radius 2 is 2.17 bits per heavy atom. The van der Waals surface area contributed by atoms with Gasteiger partial charge in [0.25, 0.3) is 5.91 Å². The number of nitrogens with one attached hydrogen (secondary N) is 4. The van der Waals surface area contributed by atoms with Gasteiger partial charge in [0, 0.05) is 43.6 Å². The number of hydrogen-bond donors (Lipinski definition) is 4. The van der Waals surface area contributed by atoms with E-state index < -0.39 is 0 Å². The Morgan fingerprint density at radius 3 is 2.80 bits per heavy atom. The number of thiophene rings is 1. The zero-order valence-electron chi connectivity index (χ0n) is 16.7. The van der Waals surface area contributed by atoms with Gasteiger partial charge >= 0.3 is 6.03 Å². The van der Waals surface area contributed by atoms with E-state index in [2.05, 4.69) is 20.9 Å². The molecule has 2 aliphatic heterocycles. The molecular formula is C20H24N6O3S. The fraction of sp³-hybridized carbons (Fsp3) is 0.400. The highest BCUT2D eigenvalue weighted by molar-refractivity contribution is 7.18. The van der Waals surface area contributed by atoms with E-state index in [9.17, 15) is 9.59 Å². The molecule has 158 valence electrons. The van der Waals surface area contributed by atoms with Crippen LogP contribution < -0.4 is 20.9 Å². The minimum atomic E-state index is -0.254. The third-order valence-electron chi connectivity index (χ3n) is 5.06. The monoisotopic (exact) mass is 428 g/mol. The zero-order chi connectivity index (χ0) is 21.1.